The zero-order chi connectivity index (χ0) is 20.5. The molecule has 2 saturated heterocycles. The third-order valence-electron chi connectivity index (χ3n) is 5.41. The second-order valence-corrected chi connectivity index (χ2v) is 7.12. The third kappa shape index (κ3) is 3.83. The first-order chi connectivity index (χ1) is 13.2. The molecule has 3 rings (SSSR count). The van der Waals surface area contributed by atoms with Crippen molar-refractivity contribution in [3.8, 4) is 0 Å². The molecule has 0 radical (unpaired) electrons. The van der Waals surface area contributed by atoms with E-state index in [-0.39, 0.29) is 24.7 Å². The van der Waals surface area contributed by atoms with Gasteiger partial charge >= 0.3 is 0 Å². The largest absolute Gasteiger partial charge is 0.380 e. The summed E-state index contributed by atoms with van der Waals surface area (Å²) in [6, 6.07) is 2.58. The van der Waals surface area contributed by atoms with Crippen LogP contribution in [0.5, 0.6) is 0 Å². The van der Waals surface area contributed by atoms with Crippen molar-refractivity contribution in [2.24, 2.45) is 5.41 Å². The molecule has 0 unspecified atom stereocenters. The van der Waals surface area contributed by atoms with Gasteiger partial charge in [-0.05, 0) is 31.4 Å². The Bertz CT molecular complexity index is 795. The number of carbonyl (C=O) groups is 3. The zero-order valence-corrected chi connectivity index (χ0v) is 15.0. The van der Waals surface area contributed by atoms with Gasteiger partial charge in [-0.15, -0.1) is 0 Å². The fourth-order valence-corrected chi connectivity index (χ4v) is 3.60. The fourth-order valence-electron chi connectivity index (χ4n) is 3.60. The highest BCUT2D eigenvalue weighted by Crippen LogP contribution is 2.38. The van der Waals surface area contributed by atoms with E-state index in [0.29, 0.717) is 31.9 Å². The van der Waals surface area contributed by atoms with Gasteiger partial charge in [0.25, 0.3) is 11.8 Å². The first-order valence-corrected chi connectivity index (χ1v) is 8.93. The molecule has 1 aromatic carbocycles. The molecule has 0 aliphatic carbocycles. The van der Waals surface area contributed by atoms with Gasteiger partial charge in [0.05, 0.1) is 5.41 Å². The third-order valence-corrected chi connectivity index (χ3v) is 5.41. The van der Waals surface area contributed by atoms with E-state index >= 15 is 0 Å². The van der Waals surface area contributed by atoms with E-state index in [0.717, 1.165) is 12.1 Å². The predicted octanol–water partition coefficient (Wildman–Crippen LogP) is -0.246. The van der Waals surface area contributed by atoms with Crippen molar-refractivity contribution in [1.82, 2.24) is 10.2 Å². The number of benzene rings is 1. The number of halogens is 2. The van der Waals surface area contributed by atoms with Crippen LogP contribution in [0.25, 0.3) is 0 Å². The van der Waals surface area contributed by atoms with Crippen molar-refractivity contribution in [3.05, 3.63) is 29.8 Å². The van der Waals surface area contributed by atoms with Crippen molar-refractivity contribution in [1.29, 1.82) is 0 Å². The van der Waals surface area contributed by atoms with Gasteiger partial charge in [-0.1, -0.05) is 0 Å². The molecule has 3 amide bonds. The number of hydrogen-bond acceptors (Lipinski definition) is 5. The van der Waals surface area contributed by atoms with E-state index in [1.54, 1.807) is 0 Å². The average molecular weight is 397 g/mol. The molecule has 0 bridgehead atoms. The molecular formula is C18H21F2N3O5. The van der Waals surface area contributed by atoms with E-state index in [9.17, 15) is 33.4 Å². The van der Waals surface area contributed by atoms with Gasteiger partial charge in [0.2, 0.25) is 5.91 Å². The molecule has 152 valence electrons. The molecule has 2 heterocycles. The lowest BCUT2D eigenvalue weighted by Crippen LogP contribution is -2.53. The number of nitrogens with one attached hydrogen (secondary N) is 2. The van der Waals surface area contributed by atoms with Crippen LogP contribution in [-0.2, 0) is 14.4 Å². The zero-order valence-electron chi connectivity index (χ0n) is 15.0. The molecule has 0 aromatic heterocycles. The Morgan fingerprint density at radius 1 is 1.11 bits per heavy atom. The molecule has 2 atom stereocenters. The van der Waals surface area contributed by atoms with Gasteiger partial charge in [-0.25, -0.2) is 8.78 Å². The average Bonchev–Trinajstić information content (AvgIpc) is 3.03. The summed E-state index contributed by atoms with van der Waals surface area (Å²) >= 11 is 0. The number of likely N-dealkylation sites (tertiary alicyclic amines) is 1. The first kappa shape index (κ1) is 20.2. The number of rotatable bonds is 4. The van der Waals surface area contributed by atoms with Gasteiger partial charge in [-0.3, -0.25) is 14.4 Å². The second-order valence-electron chi connectivity index (χ2n) is 7.12. The summed E-state index contributed by atoms with van der Waals surface area (Å²) in [5.74, 6) is -4.29. The fraction of sp³-hybridized carbons (Fsp3) is 0.500. The number of aliphatic hydroxyl groups is 2. The van der Waals surface area contributed by atoms with Crippen LogP contribution in [0.2, 0.25) is 0 Å². The first-order valence-electron chi connectivity index (χ1n) is 8.93. The van der Waals surface area contributed by atoms with Crippen molar-refractivity contribution in [2.75, 3.05) is 25.0 Å². The highest BCUT2D eigenvalue weighted by Gasteiger charge is 2.46. The van der Waals surface area contributed by atoms with E-state index in [1.165, 1.54) is 4.90 Å². The number of nitrogens with zero attached hydrogens (tertiary/aromatic N) is 1. The maximum absolute atomic E-state index is 13.2. The molecular weight excluding hydrogens is 376 g/mol. The summed E-state index contributed by atoms with van der Waals surface area (Å²) in [6.45, 7) is 1.04. The van der Waals surface area contributed by atoms with Crippen LogP contribution in [0.4, 0.5) is 14.5 Å². The van der Waals surface area contributed by atoms with E-state index < -0.39 is 41.1 Å². The van der Waals surface area contributed by atoms with Gasteiger partial charge in [0, 0.05) is 31.4 Å². The van der Waals surface area contributed by atoms with Crippen LogP contribution in [-0.4, -0.2) is 64.7 Å². The number of piperidine rings is 1. The van der Waals surface area contributed by atoms with Crippen LogP contribution in [0.15, 0.2) is 18.2 Å². The number of aliphatic hydroxyl groups excluding tert-OH is 2. The standard InChI is InChI=1S/C18H21F2N3O5/c19-11-2-1-10(9-12(11)20)22-15(26)13(24)14(25)16(27)23-7-4-18(5-8-23)3-6-21-17(18)28/h1-2,9,13-14,24-25H,3-8H2,(H,21,28)(H,22,26)/t13-,14-/m0/s1. The Morgan fingerprint density at radius 3 is 2.36 bits per heavy atom. The van der Waals surface area contributed by atoms with Crippen molar-refractivity contribution in [3.63, 3.8) is 0 Å². The molecule has 28 heavy (non-hydrogen) atoms. The molecule has 4 N–H and O–H groups in total. The minimum atomic E-state index is -2.09. The summed E-state index contributed by atoms with van der Waals surface area (Å²) in [5.41, 5.74) is -0.626. The summed E-state index contributed by atoms with van der Waals surface area (Å²) in [6.07, 6.45) is -2.54. The highest BCUT2D eigenvalue weighted by molar-refractivity contribution is 5.98. The van der Waals surface area contributed by atoms with Crippen LogP contribution in [0, 0.1) is 17.0 Å². The van der Waals surface area contributed by atoms with E-state index in [4.69, 9.17) is 0 Å². The molecule has 10 heteroatoms. The minimum absolute atomic E-state index is 0.0360. The maximum Gasteiger partial charge on any atom is 0.256 e. The lowest BCUT2D eigenvalue weighted by atomic mass is 9.77. The minimum Gasteiger partial charge on any atom is -0.380 e. The SMILES string of the molecule is O=C(Nc1ccc(F)c(F)c1)[C@@H](O)[C@H](O)C(=O)N1CCC2(CCNC2=O)CC1. The smallest absolute Gasteiger partial charge is 0.256 e. The molecule has 0 saturated carbocycles. The molecule has 2 fully saturated rings. The lowest BCUT2D eigenvalue weighted by Gasteiger charge is -2.38. The summed E-state index contributed by atoms with van der Waals surface area (Å²) < 4.78 is 26.1. The maximum atomic E-state index is 13.2. The molecule has 1 aromatic rings. The highest BCUT2D eigenvalue weighted by atomic mass is 19.2. The normalized spacial score (nSPS) is 20.6. The predicted molar refractivity (Wildman–Crippen MR) is 92.9 cm³/mol. The Hall–Kier alpha value is -2.59. The number of amides is 3. The van der Waals surface area contributed by atoms with E-state index in [1.807, 2.05) is 0 Å². The van der Waals surface area contributed by atoms with Gasteiger partial charge in [0.1, 0.15) is 0 Å². The summed E-state index contributed by atoms with van der Waals surface area (Å²) in [4.78, 5) is 37.7. The van der Waals surface area contributed by atoms with Crippen LogP contribution >= 0.6 is 0 Å². The topological polar surface area (TPSA) is 119 Å². The van der Waals surface area contributed by atoms with Crippen molar-refractivity contribution < 1.29 is 33.4 Å². The van der Waals surface area contributed by atoms with Gasteiger partial charge in [-0.2, -0.15) is 0 Å². The number of carbonyl (C=O) groups excluding carboxylic acids is 3. The van der Waals surface area contributed by atoms with Crippen LogP contribution < -0.4 is 10.6 Å². The van der Waals surface area contributed by atoms with Crippen LogP contribution in [0.3, 0.4) is 0 Å². The van der Waals surface area contributed by atoms with Crippen molar-refractivity contribution >= 4 is 23.4 Å². The lowest BCUT2D eigenvalue weighted by molar-refractivity contribution is -0.154. The molecule has 2 aliphatic heterocycles. The molecule has 2 aliphatic rings. The Kier molecular flexibility index (Phi) is 5.61. The summed E-state index contributed by atoms with van der Waals surface area (Å²) in [5, 5.41) is 24.9. The summed E-state index contributed by atoms with van der Waals surface area (Å²) in [7, 11) is 0. The monoisotopic (exact) mass is 397 g/mol. The molecule has 1 spiro atoms. The Balaban J connectivity index is 1.57. The molecule has 8 nitrogen and oxygen atoms in total. The Morgan fingerprint density at radius 2 is 1.79 bits per heavy atom. The van der Waals surface area contributed by atoms with Crippen LogP contribution in [0.1, 0.15) is 19.3 Å². The number of anilines is 1. The van der Waals surface area contributed by atoms with Crippen molar-refractivity contribution in [2.45, 2.75) is 31.5 Å². The van der Waals surface area contributed by atoms with Gasteiger partial charge in [0.15, 0.2) is 23.8 Å². The second kappa shape index (κ2) is 7.80. The Labute approximate surface area is 159 Å². The van der Waals surface area contributed by atoms with Gasteiger partial charge < -0.3 is 25.7 Å². The van der Waals surface area contributed by atoms with E-state index in [2.05, 4.69) is 10.6 Å². The quantitative estimate of drug-likeness (QED) is 0.559. The number of hydrogen-bond donors (Lipinski definition) is 4.